The van der Waals surface area contributed by atoms with Gasteiger partial charge in [0.1, 0.15) is 0 Å². The molecule has 1 amide bonds. The molecule has 0 radical (unpaired) electrons. The molecule has 1 rings (SSSR count). The molecule has 0 aliphatic rings. The van der Waals surface area contributed by atoms with Crippen molar-refractivity contribution in [2.45, 2.75) is 26.3 Å². The van der Waals surface area contributed by atoms with Crippen LogP contribution < -0.4 is 16.6 Å². The largest absolute Gasteiger partial charge is 0.324 e. The third kappa shape index (κ3) is 3.32. The average Bonchev–Trinajstić information content (AvgIpc) is 2.17. The first kappa shape index (κ1) is 12.7. The molecule has 0 aromatic heterocycles. The van der Waals surface area contributed by atoms with Crippen LogP contribution >= 0.6 is 0 Å². The van der Waals surface area contributed by atoms with Gasteiger partial charge in [-0.1, -0.05) is 23.8 Å². The lowest BCUT2D eigenvalue weighted by Crippen LogP contribution is -2.36. The van der Waals surface area contributed by atoms with Gasteiger partial charge in [-0.3, -0.25) is 10.2 Å². The Balaban J connectivity index is 2.72. The van der Waals surface area contributed by atoms with Crippen molar-refractivity contribution in [1.82, 2.24) is 10.9 Å². The molecule has 0 saturated heterocycles. The number of nitrogens with two attached hydrogens (primary N) is 1. The molecular formula is C12H19N3O. The summed E-state index contributed by atoms with van der Waals surface area (Å²) in [5.41, 5.74) is 14.4. The van der Waals surface area contributed by atoms with Crippen molar-refractivity contribution in [2.24, 2.45) is 5.73 Å². The molecule has 0 aliphatic heterocycles. The van der Waals surface area contributed by atoms with Crippen LogP contribution in [0.25, 0.3) is 0 Å². The van der Waals surface area contributed by atoms with Crippen molar-refractivity contribution in [3.05, 3.63) is 34.9 Å². The van der Waals surface area contributed by atoms with Crippen molar-refractivity contribution in [3.8, 4) is 0 Å². The Bertz CT molecular complexity index is 377. The number of hydrogen-bond donors (Lipinski definition) is 3. The van der Waals surface area contributed by atoms with E-state index in [-0.39, 0.29) is 18.4 Å². The highest BCUT2D eigenvalue weighted by Gasteiger charge is 2.12. The van der Waals surface area contributed by atoms with E-state index in [9.17, 15) is 4.79 Å². The number of benzene rings is 1. The molecule has 0 spiro atoms. The molecule has 0 aliphatic carbocycles. The number of aryl methyl sites for hydroxylation is 2. The summed E-state index contributed by atoms with van der Waals surface area (Å²) in [4.78, 5) is 11.4. The fourth-order valence-corrected chi connectivity index (χ4v) is 1.74. The Morgan fingerprint density at radius 3 is 2.69 bits per heavy atom. The minimum atomic E-state index is -0.256. The Labute approximate surface area is 96.2 Å². The van der Waals surface area contributed by atoms with Gasteiger partial charge in [0.15, 0.2) is 0 Å². The van der Waals surface area contributed by atoms with Gasteiger partial charge in [-0.2, -0.15) is 0 Å². The summed E-state index contributed by atoms with van der Waals surface area (Å²) in [7, 11) is 1.65. The van der Waals surface area contributed by atoms with Crippen LogP contribution in [-0.2, 0) is 4.79 Å². The van der Waals surface area contributed by atoms with Gasteiger partial charge in [-0.15, -0.1) is 0 Å². The lowest BCUT2D eigenvalue weighted by atomic mass is 9.97. The summed E-state index contributed by atoms with van der Waals surface area (Å²) in [6, 6.07) is 5.82. The summed E-state index contributed by atoms with van der Waals surface area (Å²) >= 11 is 0. The van der Waals surface area contributed by atoms with Crippen LogP contribution in [0.4, 0.5) is 0 Å². The van der Waals surface area contributed by atoms with E-state index < -0.39 is 0 Å². The molecule has 4 nitrogen and oxygen atoms in total. The van der Waals surface area contributed by atoms with E-state index in [0.717, 1.165) is 11.1 Å². The predicted molar refractivity (Wildman–Crippen MR) is 64.7 cm³/mol. The molecule has 1 unspecified atom stereocenters. The zero-order chi connectivity index (χ0) is 12.1. The topological polar surface area (TPSA) is 67.1 Å². The maximum atomic E-state index is 11.4. The highest BCUT2D eigenvalue weighted by atomic mass is 16.2. The van der Waals surface area contributed by atoms with Gasteiger partial charge in [0, 0.05) is 19.5 Å². The lowest BCUT2D eigenvalue weighted by molar-refractivity contribution is -0.122. The molecule has 0 heterocycles. The first-order valence-corrected chi connectivity index (χ1v) is 5.33. The first-order valence-electron chi connectivity index (χ1n) is 5.33. The van der Waals surface area contributed by atoms with E-state index in [1.54, 1.807) is 7.05 Å². The smallest absolute Gasteiger partial charge is 0.235 e. The zero-order valence-corrected chi connectivity index (χ0v) is 10.0. The number of carbonyl (C=O) groups is 1. The number of amides is 1. The fourth-order valence-electron chi connectivity index (χ4n) is 1.74. The van der Waals surface area contributed by atoms with Crippen molar-refractivity contribution < 1.29 is 4.79 Å². The summed E-state index contributed by atoms with van der Waals surface area (Å²) in [6.45, 7) is 4.05. The number of nitrogens with one attached hydrogen (secondary N) is 2. The second-order valence-corrected chi connectivity index (χ2v) is 3.97. The maximum absolute atomic E-state index is 11.4. The van der Waals surface area contributed by atoms with Crippen molar-refractivity contribution in [3.63, 3.8) is 0 Å². The van der Waals surface area contributed by atoms with Crippen molar-refractivity contribution >= 4 is 5.91 Å². The van der Waals surface area contributed by atoms with Crippen LogP contribution in [0.3, 0.4) is 0 Å². The second-order valence-electron chi connectivity index (χ2n) is 3.97. The molecule has 4 N–H and O–H groups in total. The van der Waals surface area contributed by atoms with Crippen LogP contribution in [0.1, 0.15) is 29.2 Å². The Morgan fingerprint density at radius 2 is 2.12 bits per heavy atom. The molecule has 1 aromatic carbocycles. The van der Waals surface area contributed by atoms with Gasteiger partial charge in [0.05, 0.1) is 0 Å². The highest BCUT2D eigenvalue weighted by molar-refractivity contribution is 5.76. The molecule has 88 valence electrons. The van der Waals surface area contributed by atoms with Crippen LogP contribution in [-0.4, -0.2) is 13.0 Å². The molecule has 4 heteroatoms. The number of rotatable bonds is 4. The Hall–Kier alpha value is -1.39. The van der Waals surface area contributed by atoms with E-state index in [2.05, 4.69) is 16.9 Å². The molecule has 0 fully saturated rings. The van der Waals surface area contributed by atoms with Gasteiger partial charge in [-0.05, 0) is 25.0 Å². The highest BCUT2D eigenvalue weighted by Crippen LogP contribution is 2.19. The molecule has 16 heavy (non-hydrogen) atoms. The normalized spacial score (nSPS) is 12.2. The summed E-state index contributed by atoms with van der Waals surface area (Å²) in [6.07, 6.45) is 0.282. The predicted octanol–water partition coefficient (Wildman–Crippen LogP) is 0.944. The third-order valence-electron chi connectivity index (χ3n) is 2.49. The van der Waals surface area contributed by atoms with Gasteiger partial charge in [0.25, 0.3) is 0 Å². The minimum Gasteiger partial charge on any atom is -0.324 e. The van der Waals surface area contributed by atoms with E-state index in [4.69, 9.17) is 5.73 Å². The lowest BCUT2D eigenvalue weighted by Gasteiger charge is -2.14. The second kappa shape index (κ2) is 5.63. The average molecular weight is 221 g/mol. The van der Waals surface area contributed by atoms with Crippen LogP contribution in [0.2, 0.25) is 0 Å². The Kier molecular flexibility index (Phi) is 4.46. The number of carbonyl (C=O) groups excluding carboxylic acids is 1. The monoisotopic (exact) mass is 221 g/mol. The maximum Gasteiger partial charge on any atom is 0.235 e. The minimum absolute atomic E-state index is 0.102. The summed E-state index contributed by atoms with van der Waals surface area (Å²) in [5, 5.41) is 0. The van der Waals surface area contributed by atoms with Crippen LogP contribution in [0.5, 0.6) is 0 Å². The molecular weight excluding hydrogens is 202 g/mol. The number of hydrogen-bond acceptors (Lipinski definition) is 3. The van der Waals surface area contributed by atoms with E-state index in [0.29, 0.717) is 0 Å². The van der Waals surface area contributed by atoms with E-state index >= 15 is 0 Å². The molecule has 0 bridgehead atoms. The molecule has 1 atom stereocenters. The van der Waals surface area contributed by atoms with Gasteiger partial charge in [-0.25, -0.2) is 5.43 Å². The molecule has 0 saturated carbocycles. The van der Waals surface area contributed by atoms with E-state index in [1.165, 1.54) is 5.56 Å². The molecule has 1 aromatic rings. The quantitative estimate of drug-likeness (QED) is 0.663. The SMILES string of the molecule is CNNC(=O)CC(N)c1ccc(C)cc1C. The standard InChI is InChI=1S/C12H19N3O/c1-8-4-5-10(9(2)6-8)11(13)7-12(16)15-14-3/h4-6,11,14H,7,13H2,1-3H3,(H,15,16). The van der Waals surface area contributed by atoms with Crippen LogP contribution in [0, 0.1) is 13.8 Å². The zero-order valence-electron chi connectivity index (χ0n) is 10.0. The van der Waals surface area contributed by atoms with E-state index in [1.807, 2.05) is 26.0 Å². The van der Waals surface area contributed by atoms with Gasteiger partial charge >= 0.3 is 0 Å². The summed E-state index contributed by atoms with van der Waals surface area (Å²) < 4.78 is 0. The summed E-state index contributed by atoms with van der Waals surface area (Å²) in [5.74, 6) is -0.102. The van der Waals surface area contributed by atoms with Crippen LogP contribution in [0.15, 0.2) is 18.2 Å². The third-order valence-corrected chi connectivity index (χ3v) is 2.49. The van der Waals surface area contributed by atoms with Gasteiger partial charge < -0.3 is 5.73 Å². The van der Waals surface area contributed by atoms with Crippen molar-refractivity contribution in [2.75, 3.05) is 7.05 Å². The Morgan fingerprint density at radius 1 is 1.44 bits per heavy atom. The van der Waals surface area contributed by atoms with Gasteiger partial charge in [0.2, 0.25) is 5.91 Å². The van der Waals surface area contributed by atoms with Crippen molar-refractivity contribution in [1.29, 1.82) is 0 Å². The number of hydrazine groups is 1. The fraction of sp³-hybridized carbons (Fsp3) is 0.417. The first-order chi connectivity index (χ1) is 7.54.